The lowest BCUT2D eigenvalue weighted by Gasteiger charge is -2.15. The molecule has 1 aliphatic heterocycles. The van der Waals surface area contributed by atoms with E-state index in [0.29, 0.717) is 18.6 Å². The Morgan fingerprint density at radius 2 is 1.85 bits per heavy atom. The standard InChI is InChI=1S/C22H21NO3/c1-2-16-26-20-12-5-17(6-13-20)7-14-21(24)18-8-10-19(11-9-18)23-15-3-4-22(23)25/h2,5-14H,1,3-4,15-16H2. The predicted octanol–water partition coefficient (Wildman–Crippen LogP) is 4.27. The largest absolute Gasteiger partial charge is 0.490 e. The molecule has 0 aromatic heterocycles. The summed E-state index contributed by atoms with van der Waals surface area (Å²) in [7, 11) is 0. The van der Waals surface area contributed by atoms with Crippen LogP contribution in [0.1, 0.15) is 28.8 Å². The quantitative estimate of drug-likeness (QED) is 0.427. The van der Waals surface area contributed by atoms with Gasteiger partial charge in [0.05, 0.1) is 0 Å². The van der Waals surface area contributed by atoms with Gasteiger partial charge in [0.2, 0.25) is 5.91 Å². The van der Waals surface area contributed by atoms with E-state index in [2.05, 4.69) is 6.58 Å². The number of ketones is 1. The molecule has 1 amide bonds. The Bertz CT molecular complexity index is 819. The molecule has 1 saturated heterocycles. The minimum Gasteiger partial charge on any atom is -0.490 e. The number of carbonyl (C=O) groups excluding carboxylic acids is 2. The molecule has 1 fully saturated rings. The molecule has 4 nitrogen and oxygen atoms in total. The lowest BCUT2D eigenvalue weighted by Crippen LogP contribution is -2.23. The van der Waals surface area contributed by atoms with E-state index in [-0.39, 0.29) is 11.7 Å². The van der Waals surface area contributed by atoms with Crippen LogP contribution in [0.25, 0.3) is 6.08 Å². The number of ether oxygens (including phenoxy) is 1. The third kappa shape index (κ3) is 4.28. The summed E-state index contributed by atoms with van der Waals surface area (Å²) in [6.07, 6.45) is 6.50. The van der Waals surface area contributed by atoms with Crippen molar-refractivity contribution in [3.8, 4) is 5.75 Å². The highest BCUT2D eigenvalue weighted by Crippen LogP contribution is 2.22. The maximum Gasteiger partial charge on any atom is 0.227 e. The Hall–Kier alpha value is -3.14. The maximum atomic E-state index is 12.3. The van der Waals surface area contributed by atoms with E-state index in [1.165, 1.54) is 0 Å². The SMILES string of the molecule is C=CCOc1ccc(C=CC(=O)c2ccc(N3CCCC3=O)cc2)cc1. The summed E-state index contributed by atoms with van der Waals surface area (Å²) < 4.78 is 5.43. The van der Waals surface area contributed by atoms with Gasteiger partial charge in [0, 0.05) is 24.2 Å². The number of hydrogen-bond donors (Lipinski definition) is 0. The van der Waals surface area contributed by atoms with Crippen LogP contribution in [0.3, 0.4) is 0 Å². The minimum absolute atomic E-state index is 0.0729. The lowest BCUT2D eigenvalue weighted by molar-refractivity contribution is -0.117. The second-order valence-corrected chi connectivity index (χ2v) is 6.06. The van der Waals surface area contributed by atoms with E-state index in [0.717, 1.165) is 30.0 Å². The lowest BCUT2D eigenvalue weighted by atomic mass is 10.1. The van der Waals surface area contributed by atoms with Gasteiger partial charge in [-0.25, -0.2) is 0 Å². The molecule has 3 rings (SSSR count). The van der Waals surface area contributed by atoms with Crippen LogP contribution in [0.5, 0.6) is 5.75 Å². The zero-order chi connectivity index (χ0) is 18.4. The number of allylic oxidation sites excluding steroid dienone is 1. The van der Waals surface area contributed by atoms with Crippen molar-refractivity contribution in [3.05, 3.63) is 78.4 Å². The van der Waals surface area contributed by atoms with Crippen molar-refractivity contribution >= 4 is 23.5 Å². The fourth-order valence-electron chi connectivity index (χ4n) is 2.83. The topological polar surface area (TPSA) is 46.6 Å². The minimum atomic E-state index is -0.0729. The summed E-state index contributed by atoms with van der Waals surface area (Å²) in [4.78, 5) is 25.9. The maximum absolute atomic E-state index is 12.3. The number of carbonyl (C=O) groups is 2. The molecule has 26 heavy (non-hydrogen) atoms. The second-order valence-electron chi connectivity index (χ2n) is 6.06. The second kappa shape index (κ2) is 8.30. The molecule has 4 heteroatoms. The molecule has 0 N–H and O–H groups in total. The van der Waals surface area contributed by atoms with E-state index in [4.69, 9.17) is 4.74 Å². The Kier molecular flexibility index (Phi) is 5.64. The average molecular weight is 347 g/mol. The van der Waals surface area contributed by atoms with Crippen LogP contribution < -0.4 is 9.64 Å². The van der Waals surface area contributed by atoms with Crippen LogP contribution >= 0.6 is 0 Å². The first-order valence-electron chi connectivity index (χ1n) is 8.64. The highest BCUT2D eigenvalue weighted by molar-refractivity contribution is 6.07. The molecule has 0 radical (unpaired) electrons. The fourth-order valence-corrected chi connectivity index (χ4v) is 2.83. The summed E-state index contributed by atoms with van der Waals surface area (Å²) in [5.41, 5.74) is 2.37. The van der Waals surface area contributed by atoms with Crippen molar-refractivity contribution in [3.63, 3.8) is 0 Å². The van der Waals surface area contributed by atoms with Crippen molar-refractivity contribution in [1.82, 2.24) is 0 Å². The third-order valence-electron chi connectivity index (χ3n) is 4.21. The normalized spacial score (nSPS) is 14.0. The fraction of sp³-hybridized carbons (Fsp3) is 0.182. The molecule has 0 saturated carbocycles. The zero-order valence-electron chi connectivity index (χ0n) is 14.6. The molecule has 2 aromatic carbocycles. The first kappa shape index (κ1) is 17.7. The summed E-state index contributed by atoms with van der Waals surface area (Å²) in [6.45, 7) is 4.82. The van der Waals surface area contributed by atoms with Crippen LogP contribution in [-0.2, 0) is 4.79 Å². The number of nitrogens with zero attached hydrogens (tertiary/aromatic N) is 1. The molecular formula is C22H21NO3. The molecule has 1 aliphatic rings. The molecular weight excluding hydrogens is 326 g/mol. The Balaban J connectivity index is 1.63. The Labute approximate surface area is 153 Å². The van der Waals surface area contributed by atoms with Gasteiger partial charge in [-0.1, -0.05) is 30.9 Å². The number of hydrogen-bond acceptors (Lipinski definition) is 3. The highest BCUT2D eigenvalue weighted by Gasteiger charge is 2.21. The van der Waals surface area contributed by atoms with Gasteiger partial charge in [-0.3, -0.25) is 9.59 Å². The smallest absolute Gasteiger partial charge is 0.227 e. The van der Waals surface area contributed by atoms with Gasteiger partial charge >= 0.3 is 0 Å². The number of rotatable bonds is 7. The van der Waals surface area contributed by atoms with Gasteiger partial charge in [-0.05, 0) is 54.5 Å². The molecule has 0 aliphatic carbocycles. The van der Waals surface area contributed by atoms with Crippen molar-refractivity contribution < 1.29 is 14.3 Å². The Morgan fingerprint density at radius 3 is 2.46 bits per heavy atom. The van der Waals surface area contributed by atoms with Gasteiger partial charge < -0.3 is 9.64 Å². The van der Waals surface area contributed by atoms with Gasteiger partial charge in [-0.2, -0.15) is 0 Å². The summed E-state index contributed by atoms with van der Waals surface area (Å²) >= 11 is 0. The van der Waals surface area contributed by atoms with Gasteiger partial charge in [0.25, 0.3) is 0 Å². The van der Waals surface area contributed by atoms with Crippen LogP contribution in [0.4, 0.5) is 5.69 Å². The highest BCUT2D eigenvalue weighted by atomic mass is 16.5. The number of benzene rings is 2. The number of anilines is 1. The van der Waals surface area contributed by atoms with Gasteiger partial charge in [0.1, 0.15) is 12.4 Å². The molecule has 132 valence electrons. The first-order chi connectivity index (χ1) is 12.7. The van der Waals surface area contributed by atoms with Crippen molar-refractivity contribution in [2.24, 2.45) is 0 Å². The first-order valence-corrected chi connectivity index (χ1v) is 8.64. The van der Waals surface area contributed by atoms with Gasteiger partial charge in [-0.15, -0.1) is 0 Å². The van der Waals surface area contributed by atoms with Crippen LogP contribution in [0.15, 0.2) is 67.3 Å². The third-order valence-corrected chi connectivity index (χ3v) is 4.21. The van der Waals surface area contributed by atoms with Crippen LogP contribution in [-0.4, -0.2) is 24.8 Å². The molecule has 0 spiro atoms. The van der Waals surface area contributed by atoms with Gasteiger partial charge in [0.15, 0.2) is 5.78 Å². The van der Waals surface area contributed by atoms with Crippen molar-refractivity contribution in [2.75, 3.05) is 18.1 Å². The van der Waals surface area contributed by atoms with E-state index in [9.17, 15) is 9.59 Å². The summed E-state index contributed by atoms with van der Waals surface area (Å²) in [5.74, 6) is 0.834. The number of amides is 1. The molecule has 1 heterocycles. The predicted molar refractivity (Wildman–Crippen MR) is 104 cm³/mol. The van der Waals surface area contributed by atoms with Crippen LogP contribution in [0, 0.1) is 0 Å². The molecule has 0 bridgehead atoms. The molecule has 0 atom stereocenters. The molecule has 0 unspecified atom stereocenters. The monoisotopic (exact) mass is 347 g/mol. The van der Waals surface area contributed by atoms with E-state index in [1.54, 1.807) is 35.3 Å². The van der Waals surface area contributed by atoms with Crippen molar-refractivity contribution in [1.29, 1.82) is 0 Å². The Morgan fingerprint density at radius 1 is 1.12 bits per heavy atom. The van der Waals surface area contributed by atoms with E-state index < -0.39 is 0 Å². The van der Waals surface area contributed by atoms with Crippen molar-refractivity contribution in [2.45, 2.75) is 12.8 Å². The average Bonchev–Trinajstić information content (AvgIpc) is 3.11. The van der Waals surface area contributed by atoms with Crippen LogP contribution in [0.2, 0.25) is 0 Å². The molecule has 2 aromatic rings. The van der Waals surface area contributed by atoms with E-state index >= 15 is 0 Å². The zero-order valence-corrected chi connectivity index (χ0v) is 14.6. The van der Waals surface area contributed by atoms with E-state index in [1.807, 2.05) is 36.4 Å². The summed E-state index contributed by atoms with van der Waals surface area (Å²) in [6, 6.07) is 14.7. The summed E-state index contributed by atoms with van der Waals surface area (Å²) in [5, 5.41) is 0.